The summed E-state index contributed by atoms with van der Waals surface area (Å²) in [5.41, 5.74) is 1.54. The van der Waals surface area contributed by atoms with Crippen LogP contribution in [-0.4, -0.2) is 44.3 Å². The van der Waals surface area contributed by atoms with Gasteiger partial charge in [-0.05, 0) is 67.3 Å². The third-order valence-electron chi connectivity index (χ3n) is 6.17. The van der Waals surface area contributed by atoms with Crippen molar-refractivity contribution in [2.45, 2.75) is 45.2 Å². The molecule has 0 aliphatic heterocycles. The minimum Gasteiger partial charge on any atom is -0.354 e. The summed E-state index contributed by atoms with van der Waals surface area (Å²) in [6.45, 7) is 7.07. The first-order valence-corrected chi connectivity index (χ1v) is 14.4. The molecule has 0 aromatic heterocycles. The van der Waals surface area contributed by atoms with Gasteiger partial charge >= 0.3 is 0 Å². The average molecular weight is 574 g/mol. The van der Waals surface area contributed by atoms with Crippen molar-refractivity contribution in [3.05, 3.63) is 94.8 Å². The van der Waals surface area contributed by atoms with Crippen LogP contribution >= 0.6 is 11.6 Å². The predicted octanol–water partition coefficient (Wildman–Crippen LogP) is 5.17. The normalized spacial score (nSPS) is 12.2. The molecule has 10 heteroatoms. The van der Waals surface area contributed by atoms with E-state index in [0.29, 0.717) is 17.1 Å². The van der Waals surface area contributed by atoms with Gasteiger partial charge in [0.05, 0.1) is 10.6 Å². The van der Waals surface area contributed by atoms with Crippen LogP contribution in [0.1, 0.15) is 31.9 Å². The number of halogens is 2. The Morgan fingerprint density at radius 1 is 0.974 bits per heavy atom. The van der Waals surface area contributed by atoms with Crippen LogP contribution in [0.3, 0.4) is 0 Å². The maximum Gasteiger partial charge on any atom is 0.264 e. The van der Waals surface area contributed by atoms with E-state index in [1.165, 1.54) is 47.4 Å². The number of anilines is 1. The number of sulfonamides is 1. The lowest BCUT2D eigenvalue weighted by Crippen LogP contribution is -2.51. The van der Waals surface area contributed by atoms with Crippen molar-refractivity contribution in [3.63, 3.8) is 0 Å². The van der Waals surface area contributed by atoms with Gasteiger partial charge in [-0.3, -0.25) is 13.9 Å². The van der Waals surface area contributed by atoms with Crippen LogP contribution in [-0.2, 0) is 26.2 Å². The number of carbonyl (C=O) groups excluding carboxylic acids is 2. The minimum atomic E-state index is -4.18. The lowest BCUT2D eigenvalue weighted by Gasteiger charge is -2.32. The van der Waals surface area contributed by atoms with Gasteiger partial charge in [0.2, 0.25) is 11.8 Å². The van der Waals surface area contributed by atoms with Gasteiger partial charge < -0.3 is 10.2 Å². The number of hydrogen-bond acceptors (Lipinski definition) is 4. The molecule has 0 unspecified atom stereocenters. The molecule has 1 atom stereocenters. The lowest BCUT2D eigenvalue weighted by atomic mass is 10.1. The minimum absolute atomic E-state index is 0.00214. The van der Waals surface area contributed by atoms with E-state index in [-0.39, 0.29) is 29.0 Å². The fourth-order valence-corrected chi connectivity index (χ4v) is 5.41. The van der Waals surface area contributed by atoms with E-state index in [1.807, 2.05) is 13.8 Å². The van der Waals surface area contributed by atoms with Gasteiger partial charge in [-0.2, -0.15) is 0 Å². The largest absolute Gasteiger partial charge is 0.354 e. The van der Waals surface area contributed by atoms with Crippen LogP contribution in [0.25, 0.3) is 0 Å². The number of amides is 2. The van der Waals surface area contributed by atoms with E-state index >= 15 is 0 Å². The Labute approximate surface area is 234 Å². The van der Waals surface area contributed by atoms with Gasteiger partial charge in [0.25, 0.3) is 10.0 Å². The van der Waals surface area contributed by atoms with Crippen molar-refractivity contribution >= 4 is 39.1 Å². The summed E-state index contributed by atoms with van der Waals surface area (Å²) in [5.74, 6) is -1.23. The molecule has 3 aromatic rings. The quantitative estimate of drug-likeness (QED) is 0.343. The number of hydrogen-bond donors (Lipinski definition) is 1. The van der Waals surface area contributed by atoms with Crippen molar-refractivity contribution in [3.8, 4) is 0 Å². The Kier molecular flexibility index (Phi) is 10.1. The predicted molar refractivity (Wildman–Crippen MR) is 151 cm³/mol. The highest BCUT2D eigenvalue weighted by Crippen LogP contribution is 2.28. The number of carbonyl (C=O) groups is 2. The molecule has 0 radical (unpaired) electrons. The SMILES string of the molecule is Cc1ccc(N(CC(=O)N(Cc2ccc(F)cc2)[C@@H](C)C(=O)NCC(C)C)S(=O)(=O)c2ccccc2)cc1Cl. The van der Waals surface area contributed by atoms with E-state index in [4.69, 9.17) is 11.6 Å². The number of nitrogens with zero attached hydrogens (tertiary/aromatic N) is 2. The zero-order valence-corrected chi connectivity index (χ0v) is 24.0. The molecule has 0 aliphatic rings. The monoisotopic (exact) mass is 573 g/mol. The average Bonchev–Trinajstić information content (AvgIpc) is 2.91. The van der Waals surface area contributed by atoms with Crippen molar-refractivity contribution in [2.24, 2.45) is 5.92 Å². The van der Waals surface area contributed by atoms with E-state index in [9.17, 15) is 22.4 Å². The highest BCUT2D eigenvalue weighted by Gasteiger charge is 2.32. The molecule has 0 heterocycles. The maximum absolute atomic E-state index is 13.8. The number of aryl methyl sites for hydroxylation is 1. The molecule has 0 saturated carbocycles. The second-order valence-corrected chi connectivity index (χ2v) is 12.0. The number of nitrogens with one attached hydrogen (secondary N) is 1. The smallest absolute Gasteiger partial charge is 0.264 e. The summed E-state index contributed by atoms with van der Waals surface area (Å²) in [5, 5.41) is 3.17. The summed E-state index contributed by atoms with van der Waals surface area (Å²) in [4.78, 5) is 28.1. The molecule has 3 rings (SSSR count). The second-order valence-electron chi connectivity index (χ2n) is 9.72. The van der Waals surface area contributed by atoms with Gasteiger partial charge in [0, 0.05) is 18.1 Å². The van der Waals surface area contributed by atoms with Crippen LogP contribution in [0, 0.1) is 18.7 Å². The van der Waals surface area contributed by atoms with E-state index in [2.05, 4.69) is 5.32 Å². The van der Waals surface area contributed by atoms with E-state index in [1.54, 1.807) is 44.2 Å². The van der Waals surface area contributed by atoms with Crippen molar-refractivity contribution < 1.29 is 22.4 Å². The summed E-state index contributed by atoms with van der Waals surface area (Å²) < 4.78 is 42.0. The standard InChI is InChI=1S/C29H33ClFN3O4S/c1-20(2)17-32-29(36)22(4)33(18-23-11-13-24(31)14-12-23)28(35)19-34(25-15-10-21(3)27(30)16-25)39(37,38)26-8-6-5-7-9-26/h5-16,20,22H,17-19H2,1-4H3,(H,32,36)/t22-/m0/s1. The second kappa shape index (κ2) is 13.1. The van der Waals surface area contributed by atoms with Crippen LogP contribution in [0.2, 0.25) is 5.02 Å². The zero-order chi connectivity index (χ0) is 28.7. The molecule has 1 N–H and O–H groups in total. The van der Waals surface area contributed by atoms with Gasteiger partial charge in [0.15, 0.2) is 0 Å². The molecular weight excluding hydrogens is 541 g/mol. The summed E-state index contributed by atoms with van der Waals surface area (Å²) in [7, 11) is -4.18. The maximum atomic E-state index is 13.8. The van der Waals surface area contributed by atoms with Crippen molar-refractivity contribution in [1.29, 1.82) is 0 Å². The highest BCUT2D eigenvalue weighted by atomic mass is 35.5. The Morgan fingerprint density at radius 3 is 2.21 bits per heavy atom. The Hall–Kier alpha value is -3.43. The first-order chi connectivity index (χ1) is 18.4. The summed E-state index contributed by atoms with van der Waals surface area (Å²) in [6.07, 6.45) is 0. The fraction of sp³-hybridized carbons (Fsp3) is 0.310. The van der Waals surface area contributed by atoms with Crippen LogP contribution in [0.15, 0.2) is 77.7 Å². The highest BCUT2D eigenvalue weighted by molar-refractivity contribution is 7.92. The van der Waals surface area contributed by atoms with E-state index in [0.717, 1.165) is 9.87 Å². The first kappa shape index (κ1) is 30.1. The third kappa shape index (κ3) is 7.80. The van der Waals surface area contributed by atoms with Crippen molar-refractivity contribution in [2.75, 3.05) is 17.4 Å². The van der Waals surface area contributed by atoms with Crippen LogP contribution in [0.4, 0.5) is 10.1 Å². The van der Waals surface area contributed by atoms with Gasteiger partial charge in [-0.15, -0.1) is 0 Å². The molecule has 7 nitrogen and oxygen atoms in total. The van der Waals surface area contributed by atoms with Gasteiger partial charge in [-0.25, -0.2) is 12.8 Å². The molecule has 0 spiro atoms. The van der Waals surface area contributed by atoms with Crippen LogP contribution in [0.5, 0.6) is 0 Å². The molecule has 39 heavy (non-hydrogen) atoms. The van der Waals surface area contributed by atoms with E-state index < -0.39 is 34.3 Å². The van der Waals surface area contributed by atoms with Crippen LogP contribution < -0.4 is 9.62 Å². The topological polar surface area (TPSA) is 86.8 Å². The molecule has 3 aromatic carbocycles. The first-order valence-electron chi connectivity index (χ1n) is 12.6. The molecular formula is C29H33ClFN3O4S. The summed E-state index contributed by atoms with van der Waals surface area (Å²) in [6, 6.07) is 17.2. The van der Waals surface area contributed by atoms with Crippen molar-refractivity contribution in [1.82, 2.24) is 10.2 Å². The Bertz CT molecular complexity index is 1400. The molecule has 0 aliphatic carbocycles. The lowest BCUT2D eigenvalue weighted by molar-refractivity contribution is -0.139. The third-order valence-corrected chi connectivity index (χ3v) is 8.37. The van der Waals surface area contributed by atoms with Gasteiger partial charge in [0.1, 0.15) is 18.4 Å². The Balaban J connectivity index is 2.02. The molecule has 208 valence electrons. The molecule has 0 bridgehead atoms. The summed E-state index contributed by atoms with van der Waals surface area (Å²) >= 11 is 6.33. The van der Waals surface area contributed by atoms with Gasteiger partial charge in [-0.1, -0.05) is 61.8 Å². The molecule has 0 saturated heterocycles. The molecule has 0 fully saturated rings. The number of rotatable bonds is 11. The Morgan fingerprint density at radius 2 is 1.62 bits per heavy atom. The zero-order valence-electron chi connectivity index (χ0n) is 22.4. The number of benzene rings is 3. The molecule has 2 amide bonds. The fourth-order valence-electron chi connectivity index (χ4n) is 3.81.